The molecule has 0 unspecified atom stereocenters. The van der Waals surface area contributed by atoms with Gasteiger partial charge in [-0.2, -0.15) is 0 Å². The van der Waals surface area contributed by atoms with Crippen LogP contribution >= 0.6 is 0 Å². The smallest absolute Gasteiger partial charge is 0.335 e. The van der Waals surface area contributed by atoms with Crippen molar-refractivity contribution < 1.29 is 9.90 Å². The molecule has 0 saturated carbocycles. The van der Waals surface area contributed by atoms with Crippen LogP contribution < -0.4 is 0 Å². The molecule has 0 radical (unpaired) electrons. The van der Waals surface area contributed by atoms with Crippen molar-refractivity contribution >= 4 is 17.0 Å². The van der Waals surface area contributed by atoms with Crippen LogP contribution in [0.25, 0.3) is 11.0 Å². The maximum Gasteiger partial charge on any atom is 0.335 e. The molecule has 5 heteroatoms. The Labute approximate surface area is 124 Å². The minimum absolute atomic E-state index is 0.300. The molecular weight excluding hydrogens is 266 g/mol. The summed E-state index contributed by atoms with van der Waals surface area (Å²) < 4.78 is 2.24. The minimum atomic E-state index is -0.901. The Morgan fingerprint density at radius 3 is 2.71 bits per heavy atom. The van der Waals surface area contributed by atoms with Gasteiger partial charge in [-0.25, -0.2) is 9.78 Å². The first kappa shape index (κ1) is 14.1. The lowest BCUT2D eigenvalue weighted by Gasteiger charge is -2.16. The summed E-state index contributed by atoms with van der Waals surface area (Å²) in [6, 6.07) is 5.22. The quantitative estimate of drug-likeness (QED) is 0.917. The summed E-state index contributed by atoms with van der Waals surface area (Å²) in [6.07, 6.45) is 3.46. The molecular formula is C16H21N3O2. The lowest BCUT2D eigenvalue weighted by Crippen LogP contribution is -2.24. The van der Waals surface area contributed by atoms with Crippen molar-refractivity contribution in [3.05, 3.63) is 29.6 Å². The molecule has 3 rings (SSSR count). The van der Waals surface area contributed by atoms with Crippen LogP contribution in [0.1, 0.15) is 35.9 Å². The molecule has 2 aromatic rings. The molecule has 5 nitrogen and oxygen atoms in total. The third-order valence-electron chi connectivity index (χ3n) is 4.23. The zero-order valence-corrected chi connectivity index (χ0v) is 12.4. The fraction of sp³-hybridized carbons (Fsp3) is 0.500. The first-order chi connectivity index (χ1) is 10.2. The zero-order chi connectivity index (χ0) is 14.8. The summed E-state index contributed by atoms with van der Waals surface area (Å²) >= 11 is 0. The van der Waals surface area contributed by atoms with Crippen molar-refractivity contribution in [2.45, 2.75) is 32.7 Å². The summed E-state index contributed by atoms with van der Waals surface area (Å²) in [5.74, 6) is 0.133. The number of aromatic carboxylic acids is 1. The average Bonchev–Trinajstić information content (AvgIpc) is 3.11. The number of aryl methyl sites for hydroxylation is 1. The van der Waals surface area contributed by atoms with E-state index in [-0.39, 0.29) is 0 Å². The lowest BCUT2D eigenvalue weighted by molar-refractivity contribution is 0.0697. The molecule has 1 aliphatic rings. The van der Waals surface area contributed by atoms with Crippen molar-refractivity contribution in [1.29, 1.82) is 0 Å². The van der Waals surface area contributed by atoms with Gasteiger partial charge in [0.15, 0.2) is 0 Å². The highest BCUT2D eigenvalue weighted by atomic mass is 16.4. The second kappa shape index (κ2) is 5.85. The van der Waals surface area contributed by atoms with Gasteiger partial charge in [0.2, 0.25) is 0 Å². The van der Waals surface area contributed by atoms with E-state index in [2.05, 4.69) is 21.4 Å². The van der Waals surface area contributed by atoms with Crippen LogP contribution in [0.4, 0.5) is 0 Å². The molecule has 1 aromatic carbocycles. The number of benzene rings is 1. The van der Waals surface area contributed by atoms with E-state index >= 15 is 0 Å². The van der Waals surface area contributed by atoms with Crippen molar-refractivity contribution in [3.63, 3.8) is 0 Å². The molecule has 21 heavy (non-hydrogen) atoms. The van der Waals surface area contributed by atoms with Crippen LogP contribution in [-0.4, -0.2) is 45.2 Å². The standard InChI is InChI=1S/C16H21N3O2/c1-2-15-17-13-11-12(16(20)21)5-6-14(13)19(15)10-9-18-7-3-4-8-18/h5-6,11H,2-4,7-10H2,1H3,(H,20,21). The lowest BCUT2D eigenvalue weighted by atomic mass is 10.2. The predicted octanol–water partition coefficient (Wildman–Crippen LogP) is 2.39. The molecule has 0 amide bonds. The number of hydrogen-bond donors (Lipinski definition) is 1. The first-order valence-corrected chi connectivity index (χ1v) is 7.64. The second-order valence-corrected chi connectivity index (χ2v) is 5.59. The second-order valence-electron chi connectivity index (χ2n) is 5.59. The fourth-order valence-electron chi connectivity index (χ4n) is 3.08. The Bertz CT molecular complexity index is 657. The normalized spacial score (nSPS) is 15.9. The van der Waals surface area contributed by atoms with E-state index in [0.29, 0.717) is 5.56 Å². The van der Waals surface area contributed by atoms with Gasteiger partial charge < -0.3 is 14.6 Å². The number of carboxylic acids is 1. The number of aromatic nitrogens is 2. The summed E-state index contributed by atoms with van der Waals surface area (Å²) in [6.45, 7) is 6.44. The Morgan fingerprint density at radius 1 is 1.29 bits per heavy atom. The van der Waals surface area contributed by atoms with Gasteiger partial charge in [-0.1, -0.05) is 6.92 Å². The fourth-order valence-corrected chi connectivity index (χ4v) is 3.08. The predicted molar refractivity (Wildman–Crippen MR) is 81.7 cm³/mol. The third kappa shape index (κ3) is 2.78. The summed E-state index contributed by atoms with van der Waals surface area (Å²) in [7, 11) is 0. The summed E-state index contributed by atoms with van der Waals surface area (Å²) in [5.41, 5.74) is 2.12. The zero-order valence-electron chi connectivity index (χ0n) is 12.4. The van der Waals surface area contributed by atoms with Gasteiger partial charge in [-0.05, 0) is 44.1 Å². The van der Waals surface area contributed by atoms with E-state index in [1.807, 2.05) is 6.07 Å². The van der Waals surface area contributed by atoms with Crippen molar-refractivity contribution in [2.75, 3.05) is 19.6 Å². The number of likely N-dealkylation sites (tertiary alicyclic amines) is 1. The van der Waals surface area contributed by atoms with Crippen LogP contribution in [0.15, 0.2) is 18.2 Å². The molecule has 0 aliphatic carbocycles. The summed E-state index contributed by atoms with van der Waals surface area (Å²) in [5, 5.41) is 9.08. The number of hydrogen-bond acceptors (Lipinski definition) is 3. The van der Waals surface area contributed by atoms with Crippen LogP contribution in [0.3, 0.4) is 0 Å². The Hall–Kier alpha value is -1.88. The van der Waals surface area contributed by atoms with Crippen molar-refractivity contribution in [1.82, 2.24) is 14.5 Å². The average molecular weight is 287 g/mol. The van der Waals surface area contributed by atoms with E-state index in [0.717, 1.165) is 36.4 Å². The molecule has 0 atom stereocenters. The third-order valence-corrected chi connectivity index (χ3v) is 4.23. The molecule has 1 N–H and O–H groups in total. The van der Waals surface area contributed by atoms with Gasteiger partial charge in [-0.3, -0.25) is 0 Å². The number of imidazole rings is 1. The van der Waals surface area contributed by atoms with E-state index in [9.17, 15) is 4.79 Å². The topological polar surface area (TPSA) is 58.4 Å². The van der Waals surface area contributed by atoms with E-state index < -0.39 is 5.97 Å². The number of nitrogens with zero attached hydrogens (tertiary/aromatic N) is 3. The molecule has 1 aromatic heterocycles. The highest BCUT2D eigenvalue weighted by Gasteiger charge is 2.15. The van der Waals surface area contributed by atoms with E-state index in [1.165, 1.54) is 25.9 Å². The number of carbonyl (C=O) groups is 1. The van der Waals surface area contributed by atoms with Gasteiger partial charge in [0.05, 0.1) is 16.6 Å². The maximum absolute atomic E-state index is 11.1. The minimum Gasteiger partial charge on any atom is -0.478 e. The van der Waals surface area contributed by atoms with Crippen molar-refractivity contribution in [2.24, 2.45) is 0 Å². The van der Waals surface area contributed by atoms with Gasteiger partial charge in [0.1, 0.15) is 5.82 Å². The van der Waals surface area contributed by atoms with Gasteiger partial charge in [0, 0.05) is 19.5 Å². The van der Waals surface area contributed by atoms with Crippen LogP contribution in [0, 0.1) is 0 Å². The monoisotopic (exact) mass is 287 g/mol. The highest BCUT2D eigenvalue weighted by molar-refractivity contribution is 5.92. The van der Waals surface area contributed by atoms with Gasteiger partial charge >= 0.3 is 5.97 Å². The molecule has 1 fully saturated rings. The van der Waals surface area contributed by atoms with E-state index in [4.69, 9.17) is 5.11 Å². The largest absolute Gasteiger partial charge is 0.478 e. The summed E-state index contributed by atoms with van der Waals surface area (Å²) in [4.78, 5) is 18.1. The van der Waals surface area contributed by atoms with Crippen LogP contribution in [0.2, 0.25) is 0 Å². The Balaban J connectivity index is 1.90. The molecule has 0 bridgehead atoms. The van der Waals surface area contributed by atoms with Crippen LogP contribution in [0.5, 0.6) is 0 Å². The number of rotatable bonds is 5. The van der Waals surface area contributed by atoms with Gasteiger partial charge in [-0.15, -0.1) is 0 Å². The molecule has 1 aliphatic heterocycles. The maximum atomic E-state index is 11.1. The van der Waals surface area contributed by atoms with Gasteiger partial charge in [0.25, 0.3) is 0 Å². The van der Waals surface area contributed by atoms with Crippen LogP contribution in [-0.2, 0) is 13.0 Å². The molecule has 112 valence electrons. The van der Waals surface area contributed by atoms with Crippen molar-refractivity contribution in [3.8, 4) is 0 Å². The number of carboxylic acid groups (broad SMARTS) is 1. The highest BCUT2D eigenvalue weighted by Crippen LogP contribution is 2.19. The SMILES string of the molecule is CCc1nc2cc(C(=O)O)ccc2n1CCN1CCCC1. The molecule has 2 heterocycles. The molecule has 1 saturated heterocycles. The molecule has 0 spiro atoms. The van der Waals surface area contributed by atoms with E-state index in [1.54, 1.807) is 12.1 Å². The Morgan fingerprint density at radius 2 is 2.05 bits per heavy atom. The first-order valence-electron chi connectivity index (χ1n) is 7.64. The Kier molecular flexibility index (Phi) is 3.92. The number of fused-ring (bicyclic) bond motifs is 1.